The fraction of sp³-hybridized carbons (Fsp3) is 0.0556. The van der Waals surface area contributed by atoms with Crippen LogP contribution < -0.4 is 15.9 Å². The van der Waals surface area contributed by atoms with Crippen molar-refractivity contribution in [3.63, 3.8) is 0 Å². The van der Waals surface area contributed by atoms with Crippen LogP contribution in [0.3, 0.4) is 0 Å². The predicted molar refractivity (Wildman–Crippen MR) is 95.4 cm³/mol. The van der Waals surface area contributed by atoms with Gasteiger partial charge in [-0.2, -0.15) is 0 Å². The Kier molecular flexibility index (Phi) is 4.47. The van der Waals surface area contributed by atoms with Crippen molar-refractivity contribution in [3.8, 4) is 0 Å². The van der Waals surface area contributed by atoms with E-state index in [4.69, 9.17) is 0 Å². The number of aromatic nitrogens is 1. The molecule has 0 fully saturated rings. The summed E-state index contributed by atoms with van der Waals surface area (Å²) in [6.45, 7) is 0. The zero-order valence-electron chi connectivity index (χ0n) is 12.2. The molecule has 0 saturated carbocycles. The highest BCUT2D eigenvalue weighted by Crippen LogP contribution is 2.44. The van der Waals surface area contributed by atoms with Crippen LogP contribution in [0, 0.1) is 0 Å². The molecular formula is C18H16NOPS. The Morgan fingerprint density at radius 3 is 1.86 bits per heavy atom. The lowest BCUT2D eigenvalue weighted by molar-refractivity contribution is 0.592. The van der Waals surface area contributed by atoms with E-state index < -0.39 is 7.14 Å². The molecule has 0 spiro atoms. The van der Waals surface area contributed by atoms with E-state index in [2.05, 4.69) is 4.98 Å². The first-order chi connectivity index (χ1) is 10.8. The van der Waals surface area contributed by atoms with Gasteiger partial charge in [0, 0.05) is 16.8 Å². The Bertz CT molecular complexity index is 762. The molecule has 2 nitrogen and oxygen atoms in total. The lowest BCUT2D eigenvalue weighted by Gasteiger charge is -2.21. The van der Waals surface area contributed by atoms with Crippen molar-refractivity contribution in [2.75, 3.05) is 6.26 Å². The van der Waals surface area contributed by atoms with Gasteiger partial charge >= 0.3 is 0 Å². The van der Waals surface area contributed by atoms with Crippen molar-refractivity contribution in [1.82, 2.24) is 4.98 Å². The Morgan fingerprint density at radius 2 is 1.36 bits per heavy atom. The molecule has 0 unspecified atom stereocenters. The second kappa shape index (κ2) is 6.51. The third-order valence-electron chi connectivity index (χ3n) is 3.52. The fourth-order valence-corrected chi connectivity index (χ4v) is 6.25. The first-order valence-electron chi connectivity index (χ1n) is 6.97. The maximum Gasteiger partial charge on any atom is 0.173 e. The van der Waals surface area contributed by atoms with Gasteiger partial charge in [0.05, 0.1) is 5.30 Å². The van der Waals surface area contributed by atoms with Crippen molar-refractivity contribution < 1.29 is 4.57 Å². The molecule has 0 aliphatic rings. The quantitative estimate of drug-likeness (QED) is 0.544. The van der Waals surface area contributed by atoms with Crippen molar-refractivity contribution in [1.29, 1.82) is 0 Å². The molecule has 1 heterocycles. The number of hydrogen-bond donors (Lipinski definition) is 0. The van der Waals surface area contributed by atoms with Crippen LogP contribution in [0.15, 0.2) is 84.0 Å². The van der Waals surface area contributed by atoms with E-state index in [1.54, 1.807) is 6.20 Å². The largest absolute Gasteiger partial charge is 0.309 e. The summed E-state index contributed by atoms with van der Waals surface area (Å²) in [6, 6.07) is 23.1. The van der Waals surface area contributed by atoms with Crippen molar-refractivity contribution in [2.45, 2.75) is 5.03 Å². The molecule has 4 heteroatoms. The number of thioether (sulfide) groups is 1. The smallest absolute Gasteiger partial charge is 0.173 e. The third-order valence-corrected chi connectivity index (χ3v) is 7.48. The molecule has 0 N–H and O–H groups in total. The van der Waals surface area contributed by atoms with E-state index >= 15 is 0 Å². The number of hydrogen-bond acceptors (Lipinski definition) is 3. The number of pyridine rings is 1. The Labute approximate surface area is 135 Å². The highest BCUT2D eigenvalue weighted by atomic mass is 32.2. The van der Waals surface area contributed by atoms with Gasteiger partial charge in [-0.25, -0.2) is 4.98 Å². The zero-order chi connectivity index (χ0) is 15.4. The first-order valence-corrected chi connectivity index (χ1v) is 9.91. The maximum absolute atomic E-state index is 14.1. The lowest BCUT2D eigenvalue weighted by atomic mass is 10.4. The van der Waals surface area contributed by atoms with E-state index in [0.717, 1.165) is 20.9 Å². The SMILES string of the molecule is CSc1ncccc1P(=O)(c1ccccc1)c1ccccc1. The minimum absolute atomic E-state index is 0.805. The Hall–Kier alpha value is -1.83. The molecule has 0 aliphatic heterocycles. The van der Waals surface area contributed by atoms with Gasteiger partial charge in [0.25, 0.3) is 0 Å². The molecule has 0 atom stereocenters. The van der Waals surface area contributed by atoms with Crippen LogP contribution >= 0.6 is 18.9 Å². The van der Waals surface area contributed by atoms with Crippen LogP contribution in [-0.2, 0) is 4.57 Å². The third kappa shape index (κ3) is 2.63. The minimum atomic E-state index is -2.91. The van der Waals surface area contributed by atoms with Crippen LogP contribution in [0.4, 0.5) is 0 Å². The molecule has 3 rings (SSSR count). The molecular weight excluding hydrogens is 309 g/mol. The predicted octanol–water partition coefficient (Wildman–Crippen LogP) is 3.44. The van der Waals surface area contributed by atoms with Gasteiger partial charge in [-0.3, -0.25) is 0 Å². The molecule has 1 aromatic heterocycles. The van der Waals surface area contributed by atoms with Crippen LogP contribution in [-0.4, -0.2) is 11.2 Å². The normalized spacial score (nSPS) is 11.3. The summed E-state index contributed by atoms with van der Waals surface area (Å²) in [5, 5.41) is 3.30. The second-order valence-corrected chi connectivity index (χ2v) is 8.34. The van der Waals surface area contributed by atoms with E-state index in [-0.39, 0.29) is 0 Å². The zero-order valence-corrected chi connectivity index (χ0v) is 13.9. The van der Waals surface area contributed by atoms with Gasteiger partial charge in [0.1, 0.15) is 5.03 Å². The summed E-state index contributed by atoms with van der Waals surface area (Å²) in [5.41, 5.74) is 0. The van der Waals surface area contributed by atoms with Gasteiger partial charge < -0.3 is 4.57 Å². The summed E-state index contributed by atoms with van der Waals surface area (Å²) in [4.78, 5) is 4.41. The van der Waals surface area contributed by atoms with Crippen LogP contribution in [0.25, 0.3) is 0 Å². The summed E-state index contributed by atoms with van der Waals surface area (Å²) >= 11 is 1.53. The summed E-state index contributed by atoms with van der Waals surface area (Å²) in [6.07, 6.45) is 3.71. The summed E-state index contributed by atoms with van der Waals surface area (Å²) in [5.74, 6) is 0. The first kappa shape index (κ1) is 15.1. The van der Waals surface area contributed by atoms with Crippen LogP contribution in [0.1, 0.15) is 0 Å². The topological polar surface area (TPSA) is 30.0 Å². The van der Waals surface area contributed by atoms with E-state index in [0.29, 0.717) is 0 Å². The van der Waals surface area contributed by atoms with E-state index in [1.807, 2.05) is 79.1 Å². The van der Waals surface area contributed by atoms with Crippen LogP contribution in [0.2, 0.25) is 0 Å². The number of benzene rings is 2. The molecule has 3 aromatic rings. The molecule has 0 saturated heterocycles. The van der Waals surface area contributed by atoms with Crippen LogP contribution in [0.5, 0.6) is 0 Å². The average molecular weight is 325 g/mol. The molecule has 0 amide bonds. The lowest BCUT2D eigenvalue weighted by Crippen LogP contribution is -2.26. The molecule has 22 heavy (non-hydrogen) atoms. The molecule has 0 aliphatic carbocycles. The van der Waals surface area contributed by atoms with Crippen molar-refractivity contribution >= 4 is 34.8 Å². The molecule has 0 radical (unpaired) electrons. The van der Waals surface area contributed by atoms with Gasteiger partial charge in [-0.05, 0) is 18.4 Å². The average Bonchev–Trinajstić information content (AvgIpc) is 2.62. The number of nitrogens with zero attached hydrogens (tertiary/aromatic N) is 1. The van der Waals surface area contributed by atoms with Crippen molar-refractivity contribution in [3.05, 3.63) is 79.0 Å². The van der Waals surface area contributed by atoms with Gasteiger partial charge in [0.2, 0.25) is 0 Å². The van der Waals surface area contributed by atoms with E-state index in [1.165, 1.54) is 11.8 Å². The Balaban J connectivity index is 2.32. The highest BCUT2D eigenvalue weighted by Gasteiger charge is 2.32. The van der Waals surface area contributed by atoms with Gasteiger partial charge in [-0.1, -0.05) is 60.7 Å². The summed E-state index contributed by atoms with van der Waals surface area (Å²) < 4.78 is 14.1. The molecule has 110 valence electrons. The van der Waals surface area contributed by atoms with Gasteiger partial charge in [-0.15, -0.1) is 11.8 Å². The minimum Gasteiger partial charge on any atom is -0.309 e. The standard InChI is InChI=1S/C18H16NOPS/c1-22-18-17(13-8-14-19-18)21(20,15-9-4-2-5-10-15)16-11-6-3-7-12-16/h2-14H,1H3. The maximum atomic E-state index is 14.1. The highest BCUT2D eigenvalue weighted by molar-refractivity contribution is 7.99. The molecule has 0 bridgehead atoms. The number of rotatable bonds is 4. The summed E-state index contributed by atoms with van der Waals surface area (Å²) in [7, 11) is -2.91. The monoisotopic (exact) mass is 325 g/mol. The Morgan fingerprint density at radius 1 is 0.818 bits per heavy atom. The second-order valence-electron chi connectivity index (χ2n) is 4.81. The molecule has 2 aromatic carbocycles. The van der Waals surface area contributed by atoms with Gasteiger partial charge in [0.15, 0.2) is 7.14 Å². The fourth-order valence-electron chi connectivity index (χ4n) is 2.48. The van der Waals surface area contributed by atoms with E-state index in [9.17, 15) is 4.57 Å². The van der Waals surface area contributed by atoms with Crippen molar-refractivity contribution in [2.24, 2.45) is 0 Å².